The summed E-state index contributed by atoms with van der Waals surface area (Å²) in [6.45, 7) is 4.51. The summed E-state index contributed by atoms with van der Waals surface area (Å²) in [5, 5.41) is 6.03. The van der Waals surface area contributed by atoms with Crippen molar-refractivity contribution in [1.29, 1.82) is 0 Å². The standard InChI is InChI=1S/C16H19N3O/c1-3-18-16(20)12-8-9-15(13(17)10-12)19-14-7-5-4-6-11(14)2/h4-10,19H,3,17H2,1-2H3,(H,18,20). The van der Waals surface area contributed by atoms with Gasteiger partial charge in [0.1, 0.15) is 0 Å². The minimum absolute atomic E-state index is 0.110. The summed E-state index contributed by atoms with van der Waals surface area (Å²) in [5.41, 5.74) is 10.1. The van der Waals surface area contributed by atoms with Crippen molar-refractivity contribution in [2.45, 2.75) is 13.8 Å². The third-order valence-electron chi connectivity index (χ3n) is 3.07. The van der Waals surface area contributed by atoms with Crippen LogP contribution in [0.25, 0.3) is 0 Å². The Balaban J connectivity index is 2.22. The lowest BCUT2D eigenvalue weighted by Crippen LogP contribution is -2.22. The highest BCUT2D eigenvalue weighted by atomic mass is 16.1. The average Bonchev–Trinajstić information content (AvgIpc) is 2.43. The molecule has 0 heterocycles. The maximum atomic E-state index is 11.7. The number of para-hydroxylation sites is 1. The van der Waals surface area contributed by atoms with Gasteiger partial charge in [-0.3, -0.25) is 4.79 Å². The number of benzene rings is 2. The van der Waals surface area contributed by atoms with Crippen molar-refractivity contribution in [3.63, 3.8) is 0 Å². The van der Waals surface area contributed by atoms with Gasteiger partial charge in [0.15, 0.2) is 0 Å². The molecule has 4 heteroatoms. The van der Waals surface area contributed by atoms with E-state index in [4.69, 9.17) is 5.73 Å². The van der Waals surface area contributed by atoms with Crippen LogP contribution in [0.1, 0.15) is 22.8 Å². The number of carbonyl (C=O) groups excluding carboxylic acids is 1. The number of nitrogens with two attached hydrogens (primary N) is 1. The summed E-state index contributed by atoms with van der Waals surface area (Å²) in [6.07, 6.45) is 0. The highest BCUT2D eigenvalue weighted by Gasteiger charge is 2.08. The van der Waals surface area contributed by atoms with E-state index in [-0.39, 0.29) is 5.91 Å². The number of anilines is 3. The number of nitrogens with one attached hydrogen (secondary N) is 2. The predicted molar refractivity (Wildman–Crippen MR) is 83.3 cm³/mol. The van der Waals surface area contributed by atoms with Crippen molar-refractivity contribution in [2.75, 3.05) is 17.6 Å². The van der Waals surface area contributed by atoms with Crippen LogP contribution in [-0.2, 0) is 0 Å². The number of hydrogen-bond donors (Lipinski definition) is 3. The average molecular weight is 269 g/mol. The molecule has 0 radical (unpaired) electrons. The quantitative estimate of drug-likeness (QED) is 0.747. The summed E-state index contributed by atoms with van der Waals surface area (Å²) in [5.74, 6) is -0.110. The van der Waals surface area contributed by atoms with Gasteiger partial charge in [-0.05, 0) is 43.7 Å². The van der Waals surface area contributed by atoms with E-state index in [1.54, 1.807) is 12.1 Å². The minimum atomic E-state index is -0.110. The molecule has 4 nitrogen and oxygen atoms in total. The minimum Gasteiger partial charge on any atom is -0.397 e. The summed E-state index contributed by atoms with van der Waals surface area (Å²) in [4.78, 5) is 11.7. The fourth-order valence-electron chi connectivity index (χ4n) is 1.94. The van der Waals surface area contributed by atoms with Crippen molar-refractivity contribution in [1.82, 2.24) is 5.32 Å². The van der Waals surface area contributed by atoms with E-state index < -0.39 is 0 Å². The Kier molecular flexibility index (Phi) is 4.25. The molecule has 0 fully saturated rings. The number of amides is 1. The molecule has 20 heavy (non-hydrogen) atoms. The van der Waals surface area contributed by atoms with Crippen molar-refractivity contribution in [2.24, 2.45) is 0 Å². The number of rotatable bonds is 4. The fraction of sp³-hybridized carbons (Fsp3) is 0.188. The number of nitrogen functional groups attached to an aromatic ring is 1. The van der Waals surface area contributed by atoms with Gasteiger partial charge in [-0.1, -0.05) is 18.2 Å². The molecule has 0 aliphatic carbocycles. The Morgan fingerprint density at radius 3 is 2.55 bits per heavy atom. The van der Waals surface area contributed by atoms with E-state index in [0.717, 1.165) is 16.9 Å². The number of hydrogen-bond acceptors (Lipinski definition) is 3. The first-order chi connectivity index (χ1) is 9.61. The van der Waals surface area contributed by atoms with E-state index in [2.05, 4.69) is 10.6 Å². The first kappa shape index (κ1) is 13.9. The van der Waals surface area contributed by atoms with E-state index in [1.807, 2.05) is 44.2 Å². The lowest BCUT2D eigenvalue weighted by molar-refractivity contribution is 0.0956. The molecule has 0 aliphatic heterocycles. The second-order valence-corrected chi connectivity index (χ2v) is 4.60. The van der Waals surface area contributed by atoms with E-state index in [0.29, 0.717) is 17.8 Å². The molecule has 0 aromatic heterocycles. The molecule has 4 N–H and O–H groups in total. The Morgan fingerprint density at radius 1 is 1.15 bits per heavy atom. The molecular formula is C16H19N3O. The van der Waals surface area contributed by atoms with E-state index in [1.165, 1.54) is 0 Å². The molecule has 2 aromatic rings. The molecule has 2 rings (SSSR count). The van der Waals surface area contributed by atoms with Gasteiger partial charge in [-0.2, -0.15) is 0 Å². The van der Waals surface area contributed by atoms with Crippen LogP contribution in [0.4, 0.5) is 17.1 Å². The summed E-state index contributed by atoms with van der Waals surface area (Å²) in [6, 6.07) is 13.3. The molecule has 104 valence electrons. The maximum Gasteiger partial charge on any atom is 0.251 e. The molecule has 0 atom stereocenters. The summed E-state index contributed by atoms with van der Waals surface area (Å²) in [7, 11) is 0. The maximum absolute atomic E-state index is 11.7. The Labute approximate surface area is 119 Å². The zero-order valence-corrected chi connectivity index (χ0v) is 11.7. The Bertz CT molecular complexity index is 623. The third kappa shape index (κ3) is 3.09. The summed E-state index contributed by atoms with van der Waals surface area (Å²) < 4.78 is 0. The van der Waals surface area contributed by atoms with Crippen LogP contribution in [0.5, 0.6) is 0 Å². The molecule has 0 aliphatic rings. The molecular weight excluding hydrogens is 250 g/mol. The lowest BCUT2D eigenvalue weighted by atomic mass is 10.1. The SMILES string of the molecule is CCNC(=O)c1ccc(Nc2ccccc2C)c(N)c1. The van der Waals surface area contributed by atoms with Gasteiger partial charge in [0.05, 0.1) is 11.4 Å². The fourth-order valence-corrected chi connectivity index (χ4v) is 1.94. The number of aryl methyl sites for hydroxylation is 1. The zero-order chi connectivity index (χ0) is 14.5. The van der Waals surface area contributed by atoms with Gasteiger partial charge < -0.3 is 16.4 Å². The second kappa shape index (κ2) is 6.10. The first-order valence-corrected chi connectivity index (χ1v) is 6.62. The van der Waals surface area contributed by atoms with Crippen molar-refractivity contribution in [3.8, 4) is 0 Å². The molecule has 1 amide bonds. The van der Waals surface area contributed by atoms with Gasteiger partial charge in [-0.15, -0.1) is 0 Å². The van der Waals surface area contributed by atoms with E-state index in [9.17, 15) is 4.79 Å². The molecule has 0 unspecified atom stereocenters. The molecule has 2 aromatic carbocycles. The lowest BCUT2D eigenvalue weighted by Gasteiger charge is -2.12. The van der Waals surface area contributed by atoms with Crippen LogP contribution in [-0.4, -0.2) is 12.5 Å². The molecule has 0 spiro atoms. The van der Waals surface area contributed by atoms with Crippen molar-refractivity contribution in [3.05, 3.63) is 53.6 Å². The van der Waals surface area contributed by atoms with Gasteiger partial charge in [-0.25, -0.2) is 0 Å². The van der Waals surface area contributed by atoms with Crippen LogP contribution in [0.3, 0.4) is 0 Å². The van der Waals surface area contributed by atoms with Crippen LogP contribution in [0.2, 0.25) is 0 Å². The second-order valence-electron chi connectivity index (χ2n) is 4.60. The monoisotopic (exact) mass is 269 g/mol. The van der Waals surface area contributed by atoms with Crippen molar-refractivity contribution >= 4 is 23.0 Å². The van der Waals surface area contributed by atoms with Crippen LogP contribution >= 0.6 is 0 Å². The van der Waals surface area contributed by atoms with Gasteiger partial charge in [0, 0.05) is 17.8 Å². The Morgan fingerprint density at radius 2 is 1.90 bits per heavy atom. The smallest absolute Gasteiger partial charge is 0.251 e. The topological polar surface area (TPSA) is 67.2 Å². The van der Waals surface area contributed by atoms with Gasteiger partial charge in [0.25, 0.3) is 5.91 Å². The zero-order valence-electron chi connectivity index (χ0n) is 11.7. The van der Waals surface area contributed by atoms with Crippen LogP contribution in [0, 0.1) is 6.92 Å². The first-order valence-electron chi connectivity index (χ1n) is 6.62. The highest BCUT2D eigenvalue weighted by molar-refractivity contribution is 5.96. The van der Waals surface area contributed by atoms with Crippen LogP contribution in [0.15, 0.2) is 42.5 Å². The molecule has 0 saturated heterocycles. The highest BCUT2D eigenvalue weighted by Crippen LogP contribution is 2.25. The van der Waals surface area contributed by atoms with Gasteiger partial charge >= 0.3 is 0 Å². The third-order valence-corrected chi connectivity index (χ3v) is 3.07. The number of carbonyl (C=O) groups is 1. The molecule has 0 saturated carbocycles. The summed E-state index contributed by atoms with van der Waals surface area (Å²) >= 11 is 0. The largest absolute Gasteiger partial charge is 0.397 e. The molecule has 0 bridgehead atoms. The van der Waals surface area contributed by atoms with Crippen molar-refractivity contribution < 1.29 is 4.79 Å². The predicted octanol–water partition coefficient (Wildman–Crippen LogP) is 3.07. The normalized spacial score (nSPS) is 10.1. The van der Waals surface area contributed by atoms with Gasteiger partial charge in [0.2, 0.25) is 0 Å². The van der Waals surface area contributed by atoms with E-state index >= 15 is 0 Å². The Hall–Kier alpha value is -2.49. The van der Waals surface area contributed by atoms with Crippen LogP contribution < -0.4 is 16.4 Å².